The summed E-state index contributed by atoms with van der Waals surface area (Å²) in [6.45, 7) is 0.715. The number of aromatic nitrogens is 2. The fraction of sp³-hybridized carbons (Fsp3) is 0.227. The maximum Gasteiger partial charge on any atom is 0.266 e. The predicted molar refractivity (Wildman–Crippen MR) is 110 cm³/mol. The quantitative estimate of drug-likeness (QED) is 0.647. The largest absolute Gasteiger partial charge is 0.496 e. The van der Waals surface area contributed by atoms with E-state index in [1.165, 1.54) is 10.7 Å². The van der Waals surface area contributed by atoms with Gasteiger partial charge in [-0.1, -0.05) is 18.2 Å². The molecular weight excluding hydrogens is 386 g/mol. The molecule has 0 atom stereocenters. The SMILES string of the molecule is COc1ccccc1CNC(=O)CCn1nc(-c2ccc3c(c2)OCO3)ccc1=O. The molecule has 30 heavy (non-hydrogen) atoms. The van der Waals surface area contributed by atoms with E-state index in [4.69, 9.17) is 14.2 Å². The third-order valence-corrected chi connectivity index (χ3v) is 4.75. The van der Waals surface area contributed by atoms with Gasteiger partial charge in [-0.25, -0.2) is 4.68 Å². The molecule has 0 saturated heterocycles. The Morgan fingerprint density at radius 3 is 2.83 bits per heavy atom. The minimum Gasteiger partial charge on any atom is -0.496 e. The van der Waals surface area contributed by atoms with Crippen LogP contribution in [0, 0.1) is 0 Å². The third kappa shape index (κ3) is 4.27. The summed E-state index contributed by atoms with van der Waals surface area (Å²) in [7, 11) is 1.59. The number of fused-ring (bicyclic) bond motifs is 1. The van der Waals surface area contributed by atoms with Crippen LogP contribution in [0.15, 0.2) is 59.4 Å². The number of para-hydroxylation sites is 1. The monoisotopic (exact) mass is 407 g/mol. The number of rotatable bonds is 7. The van der Waals surface area contributed by atoms with Gasteiger partial charge >= 0.3 is 0 Å². The van der Waals surface area contributed by atoms with E-state index in [0.717, 1.165) is 11.1 Å². The number of benzene rings is 2. The van der Waals surface area contributed by atoms with Gasteiger partial charge in [-0.05, 0) is 30.3 Å². The second kappa shape index (κ2) is 8.69. The van der Waals surface area contributed by atoms with Crippen LogP contribution in [0.4, 0.5) is 0 Å². The second-order valence-corrected chi connectivity index (χ2v) is 6.69. The summed E-state index contributed by atoms with van der Waals surface area (Å²) in [5.41, 5.74) is 2.03. The number of carbonyl (C=O) groups excluding carboxylic acids is 1. The average Bonchev–Trinajstić information content (AvgIpc) is 3.25. The Hall–Kier alpha value is -3.81. The molecule has 1 aromatic heterocycles. The van der Waals surface area contributed by atoms with Crippen LogP contribution in [0.5, 0.6) is 17.2 Å². The van der Waals surface area contributed by atoms with E-state index in [0.29, 0.717) is 29.5 Å². The molecule has 0 spiro atoms. The lowest BCUT2D eigenvalue weighted by atomic mass is 10.1. The van der Waals surface area contributed by atoms with Crippen molar-refractivity contribution >= 4 is 5.91 Å². The van der Waals surface area contributed by atoms with Crippen molar-refractivity contribution in [2.24, 2.45) is 0 Å². The van der Waals surface area contributed by atoms with Crippen molar-refractivity contribution in [1.82, 2.24) is 15.1 Å². The summed E-state index contributed by atoms with van der Waals surface area (Å²) in [4.78, 5) is 24.4. The first-order chi connectivity index (χ1) is 14.6. The van der Waals surface area contributed by atoms with E-state index < -0.39 is 0 Å². The summed E-state index contributed by atoms with van der Waals surface area (Å²) >= 11 is 0. The van der Waals surface area contributed by atoms with Crippen molar-refractivity contribution in [2.45, 2.75) is 19.5 Å². The van der Waals surface area contributed by atoms with Crippen LogP contribution >= 0.6 is 0 Å². The van der Waals surface area contributed by atoms with E-state index >= 15 is 0 Å². The molecule has 4 rings (SSSR count). The number of nitrogens with one attached hydrogen (secondary N) is 1. The van der Waals surface area contributed by atoms with Crippen LogP contribution in [0.25, 0.3) is 11.3 Å². The molecule has 0 saturated carbocycles. The van der Waals surface area contributed by atoms with Crippen molar-refractivity contribution in [3.05, 3.63) is 70.5 Å². The van der Waals surface area contributed by atoms with Crippen molar-refractivity contribution < 1.29 is 19.0 Å². The molecule has 0 unspecified atom stereocenters. The number of ether oxygens (including phenoxy) is 3. The van der Waals surface area contributed by atoms with Gasteiger partial charge in [0.15, 0.2) is 11.5 Å². The summed E-state index contributed by atoms with van der Waals surface area (Å²) in [6, 6.07) is 16.1. The molecule has 1 N–H and O–H groups in total. The normalized spacial score (nSPS) is 11.9. The zero-order valence-corrected chi connectivity index (χ0v) is 16.5. The number of hydrogen-bond acceptors (Lipinski definition) is 6. The zero-order valence-electron chi connectivity index (χ0n) is 16.5. The fourth-order valence-electron chi connectivity index (χ4n) is 3.16. The highest BCUT2D eigenvalue weighted by molar-refractivity contribution is 5.75. The van der Waals surface area contributed by atoms with Gasteiger partial charge in [0, 0.05) is 30.2 Å². The third-order valence-electron chi connectivity index (χ3n) is 4.75. The first-order valence-electron chi connectivity index (χ1n) is 9.51. The average molecular weight is 407 g/mol. The van der Waals surface area contributed by atoms with E-state index in [1.807, 2.05) is 36.4 Å². The molecule has 1 aliphatic rings. The van der Waals surface area contributed by atoms with Crippen LogP contribution < -0.4 is 25.1 Å². The van der Waals surface area contributed by atoms with Gasteiger partial charge < -0.3 is 19.5 Å². The molecule has 2 heterocycles. The van der Waals surface area contributed by atoms with Crippen LogP contribution in [0.1, 0.15) is 12.0 Å². The molecule has 0 radical (unpaired) electrons. The lowest BCUT2D eigenvalue weighted by Crippen LogP contribution is -2.28. The Morgan fingerprint density at radius 2 is 1.97 bits per heavy atom. The van der Waals surface area contributed by atoms with Gasteiger partial charge in [-0.3, -0.25) is 9.59 Å². The van der Waals surface area contributed by atoms with Gasteiger partial charge in [0.25, 0.3) is 5.56 Å². The van der Waals surface area contributed by atoms with Crippen molar-refractivity contribution in [2.75, 3.05) is 13.9 Å². The maximum absolute atomic E-state index is 12.3. The molecule has 1 aliphatic heterocycles. The second-order valence-electron chi connectivity index (χ2n) is 6.69. The molecular formula is C22H21N3O5. The smallest absolute Gasteiger partial charge is 0.266 e. The summed E-state index contributed by atoms with van der Waals surface area (Å²) in [5.74, 6) is 1.86. The topological polar surface area (TPSA) is 91.7 Å². The van der Waals surface area contributed by atoms with Gasteiger partial charge in [-0.15, -0.1) is 0 Å². The molecule has 154 valence electrons. The lowest BCUT2D eigenvalue weighted by molar-refractivity contribution is -0.121. The highest BCUT2D eigenvalue weighted by Crippen LogP contribution is 2.35. The number of nitrogens with zero attached hydrogens (tertiary/aromatic N) is 2. The van der Waals surface area contributed by atoms with E-state index in [1.54, 1.807) is 19.2 Å². The van der Waals surface area contributed by atoms with E-state index in [-0.39, 0.29) is 31.2 Å². The zero-order chi connectivity index (χ0) is 20.9. The number of amides is 1. The molecule has 0 fully saturated rings. The summed E-state index contributed by atoms with van der Waals surface area (Å²) < 4.78 is 17.3. The highest BCUT2D eigenvalue weighted by atomic mass is 16.7. The molecule has 8 nitrogen and oxygen atoms in total. The Morgan fingerprint density at radius 1 is 1.13 bits per heavy atom. The molecule has 8 heteroatoms. The number of aryl methyl sites for hydroxylation is 1. The highest BCUT2D eigenvalue weighted by Gasteiger charge is 2.15. The van der Waals surface area contributed by atoms with Gasteiger partial charge in [0.1, 0.15) is 5.75 Å². The van der Waals surface area contributed by atoms with E-state index in [2.05, 4.69) is 10.4 Å². The summed E-state index contributed by atoms with van der Waals surface area (Å²) in [5, 5.41) is 7.24. The molecule has 0 aliphatic carbocycles. The molecule has 2 aromatic carbocycles. The van der Waals surface area contributed by atoms with E-state index in [9.17, 15) is 9.59 Å². The van der Waals surface area contributed by atoms with Crippen molar-refractivity contribution in [1.29, 1.82) is 0 Å². The first kappa shape index (κ1) is 19.5. The minimum atomic E-state index is -0.267. The minimum absolute atomic E-state index is 0.132. The van der Waals surface area contributed by atoms with Crippen molar-refractivity contribution in [3.8, 4) is 28.5 Å². The van der Waals surface area contributed by atoms with Crippen molar-refractivity contribution in [3.63, 3.8) is 0 Å². The maximum atomic E-state index is 12.3. The first-order valence-corrected chi connectivity index (χ1v) is 9.51. The number of methoxy groups -OCH3 is 1. The lowest BCUT2D eigenvalue weighted by Gasteiger charge is -2.10. The van der Waals surface area contributed by atoms with Crippen LogP contribution in [0.3, 0.4) is 0 Å². The van der Waals surface area contributed by atoms with Crippen LogP contribution in [-0.2, 0) is 17.9 Å². The van der Waals surface area contributed by atoms with Crippen LogP contribution in [-0.4, -0.2) is 29.6 Å². The Balaban J connectivity index is 1.40. The summed E-state index contributed by atoms with van der Waals surface area (Å²) in [6.07, 6.45) is 0.132. The van der Waals surface area contributed by atoms with Gasteiger partial charge in [-0.2, -0.15) is 5.10 Å². The van der Waals surface area contributed by atoms with Crippen LogP contribution in [0.2, 0.25) is 0 Å². The number of carbonyl (C=O) groups is 1. The fourth-order valence-corrected chi connectivity index (χ4v) is 3.16. The van der Waals surface area contributed by atoms with Gasteiger partial charge in [0.2, 0.25) is 12.7 Å². The van der Waals surface area contributed by atoms with Gasteiger partial charge in [0.05, 0.1) is 19.3 Å². The number of hydrogen-bond donors (Lipinski definition) is 1. The predicted octanol–water partition coefficient (Wildman–Crippen LogP) is 2.35. The Labute approximate surface area is 173 Å². The standard InChI is InChI=1S/C22H21N3O5/c1-28-18-5-3-2-4-16(18)13-23-21(26)10-11-25-22(27)9-7-17(24-25)15-6-8-19-20(12-15)30-14-29-19/h2-9,12H,10-11,13-14H2,1H3,(H,23,26). The molecule has 1 amide bonds. The molecule has 3 aromatic rings. The Bertz CT molecular complexity index is 1130. The Kier molecular flexibility index (Phi) is 5.65. The molecule has 0 bridgehead atoms.